The van der Waals surface area contributed by atoms with E-state index in [9.17, 15) is 17.6 Å². The number of hydrogen-bond donors (Lipinski definition) is 3. The van der Waals surface area contributed by atoms with Crippen molar-refractivity contribution >= 4 is 21.6 Å². The first kappa shape index (κ1) is 20.3. The molecule has 8 nitrogen and oxygen atoms in total. The Hall–Kier alpha value is -3.40. The summed E-state index contributed by atoms with van der Waals surface area (Å²) >= 11 is 0. The van der Waals surface area contributed by atoms with Crippen LogP contribution in [0.5, 0.6) is 5.75 Å². The van der Waals surface area contributed by atoms with Gasteiger partial charge in [0.15, 0.2) is 5.03 Å². The molecule has 0 aliphatic rings. The number of hydrogen-bond acceptors (Lipinski definition) is 5. The molecular formula is C19H19FN4O4S. The highest BCUT2D eigenvalue weighted by Crippen LogP contribution is 2.20. The molecule has 0 unspecified atom stereocenters. The second kappa shape index (κ2) is 8.74. The number of aromatic amines is 1. The fourth-order valence-corrected chi connectivity index (χ4v) is 3.67. The van der Waals surface area contributed by atoms with E-state index in [-0.39, 0.29) is 23.0 Å². The van der Waals surface area contributed by atoms with Crippen LogP contribution in [0.3, 0.4) is 0 Å². The Bertz CT molecular complexity index is 1080. The zero-order chi connectivity index (χ0) is 20.9. The highest BCUT2D eigenvalue weighted by atomic mass is 32.2. The van der Waals surface area contributed by atoms with E-state index in [2.05, 4.69) is 20.2 Å². The lowest BCUT2D eigenvalue weighted by atomic mass is 10.2. The molecule has 0 atom stereocenters. The Kier molecular flexibility index (Phi) is 6.13. The Morgan fingerprint density at radius 1 is 1.14 bits per heavy atom. The van der Waals surface area contributed by atoms with E-state index in [4.69, 9.17) is 4.74 Å². The number of nitrogens with one attached hydrogen (secondary N) is 3. The number of aromatic nitrogens is 2. The molecule has 1 amide bonds. The number of H-pyrrole nitrogens is 1. The first-order valence-electron chi connectivity index (χ1n) is 8.70. The maximum Gasteiger partial charge on any atom is 0.279 e. The van der Waals surface area contributed by atoms with Crippen LogP contribution in [0.1, 0.15) is 22.8 Å². The van der Waals surface area contributed by atoms with Gasteiger partial charge in [-0.3, -0.25) is 14.6 Å². The molecule has 0 fully saturated rings. The zero-order valence-corrected chi connectivity index (χ0v) is 16.3. The molecule has 1 heterocycles. The van der Waals surface area contributed by atoms with Crippen LogP contribution in [0.15, 0.2) is 59.8 Å². The van der Waals surface area contributed by atoms with Gasteiger partial charge in [-0.1, -0.05) is 12.1 Å². The SMILES string of the molecule is CCOc1ccc(NS(=O)(=O)c2[nH]ncc2C(=O)NCc2ccc(F)cc2)cc1. The summed E-state index contributed by atoms with van der Waals surface area (Å²) in [4.78, 5) is 12.4. The summed E-state index contributed by atoms with van der Waals surface area (Å²) < 4.78 is 46.0. The molecule has 0 radical (unpaired) electrons. The average Bonchev–Trinajstić information content (AvgIpc) is 3.20. The number of carbonyl (C=O) groups excluding carboxylic acids is 1. The first-order valence-corrected chi connectivity index (χ1v) is 10.2. The Labute approximate surface area is 167 Å². The third kappa shape index (κ3) is 5.11. The summed E-state index contributed by atoms with van der Waals surface area (Å²) in [7, 11) is -4.08. The van der Waals surface area contributed by atoms with Gasteiger partial charge in [-0.05, 0) is 48.9 Å². The summed E-state index contributed by atoms with van der Waals surface area (Å²) in [5.41, 5.74) is 0.839. The van der Waals surface area contributed by atoms with Gasteiger partial charge in [0.25, 0.3) is 15.9 Å². The number of anilines is 1. The molecule has 3 rings (SSSR count). The predicted molar refractivity (Wildman–Crippen MR) is 105 cm³/mol. The number of carbonyl (C=O) groups is 1. The van der Waals surface area contributed by atoms with E-state index in [0.29, 0.717) is 23.6 Å². The van der Waals surface area contributed by atoms with Crippen molar-refractivity contribution in [1.29, 1.82) is 0 Å². The summed E-state index contributed by atoms with van der Waals surface area (Å²) in [6, 6.07) is 12.0. The van der Waals surface area contributed by atoms with Crippen molar-refractivity contribution in [3.63, 3.8) is 0 Å². The molecule has 2 aromatic carbocycles. The second-order valence-corrected chi connectivity index (χ2v) is 7.60. The van der Waals surface area contributed by atoms with E-state index in [1.807, 2.05) is 6.92 Å². The third-order valence-corrected chi connectivity index (χ3v) is 5.25. The molecule has 0 aliphatic heterocycles. The van der Waals surface area contributed by atoms with Crippen molar-refractivity contribution < 1.29 is 22.3 Å². The van der Waals surface area contributed by atoms with E-state index in [1.165, 1.54) is 24.3 Å². The van der Waals surface area contributed by atoms with Gasteiger partial charge in [-0.25, -0.2) is 4.39 Å². The molecule has 10 heteroatoms. The van der Waals surface area contributed by atoms with Crippen LogP contribution in [-0.2, 0) is 16.6 Å². The average molecular weight is 418 g/mol. The van der Waals surface area contributed by atoms with Crippen LogP contribution in [0, 0.1) is 5.82 Å². The predicted octanol–water partition coefficient (Wildman–Crippen LogP) is 2.68. The second-order valence-electron chi connectivity index (χ2n) is 5.98. The smallest absolute Gasteiger partial charge is 0.279 e. The van der Waals surface area contributed by atoms with Crippen LogP contribution >= 0.6 is 0 Å². The van der Waals surface area contributed by atoms with Crippen molar-refractivity contribution in [2.45, 2.75) is 18.5 Å². The van der Waals surface area contributed by atoms with Crippen molar-refractivity contribution in [2.75, 3.05) is 11.3 Å². The molecule has 0 bridgehead atoms. The lowest BCUT2D eigenvalue weighted by Gasteiger charge is -2.10. The molecule has 0 saturated carbocycles. The largest absolute Gasteiger partial charge is 0.494 e. The Morgan fingerprint density at radius 2 is 1.83 bits per heavy atom. The molecule has 1 aromatic heterocycles. The Balaban J connectivity index is 1.71. The van der Waals surface area contributed by atoms with Gasteiger partial charge in [-0.2, -0.15) is 13.5 Å². The van der Waals surface area contributed by atoms with Crippen molar-refractivity contribution in [1.82, 2.24) is 15.5 Å². The fraction of sp³-hybridized carbons (Fsp3) is 0.158. The normalized spacial score (nSPS) is 11.1. The highest BCUT2D eigenvalue weighted by molar-refractivity contribution is 7.92. The maximum atomic E-state index is 13.0. The van der Waals surface area contributed by atoms with E-state index in [0.717, 1.165) is 6.20 Å². The van der Waals surface area contributed by atoms with Crippen LogP contribution in [-0.4, -0.2) is 31.1 Å². The molecule has 3 aromatic rings. The summed E-state index contributed by atoms with van der Waals surface area (Å²) in [5, 5.41) is 8.26. The molecular weight excluding hydrogens is 399 g/mol. The zero-order valence-electron chi connectivity index (χ0n) is 15.5. The van der Waals surface area contributed by atoms with Crippen molar-refractivity contribution in [3.05, 3.63) is 71.7 Å². The van der Waals surface area contributed by atoms with Crippen LogP contribution in [0.4, 0.5) is 10.1 Å². The van der Waals surface area contributed by atoms with E-state index in [1.54, 1.807) is 24.3 Å². The first-order chi connectivity index (χ1) is 13.9. The number of halogens is 1. The quantitative estimate of drug-likeness (QED) is 0.521. The molecule has 152 valence electrons. The van der Waals surface area contributed by atoms with Gasteiger partial charge in [-0.15, -0.1) is 0 Å². The number of ether oxygens (including phenoxy) is 1. The van der Waals surface area contributed by atoms with Crippen LogP contribution in [0.25, 0.3) is 0 Å². The van der Waals surface area contributed by atoms with Gasteiger partial charge in [0.1, 0.15) is 11.6 Å². The maximum absolute atomic E-state index is 13.0. The van der Waals surface area contributed by atoms with Gasteiger partial charge in [0.2, 0.25) is 0 Å². The minimum Gasteiger partial charge on any atom is -0.494 e. The van der Waals surface area contributed by atoms with Crippen LogP contribution in [0.2, 0.25) is 0 Å². The van der Waals surface area contributed by atoms with Crippen molar-refractivity contribution in [3.8, 4) is 5.75 Å². The number of rotatable bonds is 8. The Morgan fingerprint density at radius 3 is 2.48 bits per heavy atom. The number of benzene rings is 2. The number of nitrogens with zero attached hydrogens (tertiary/aromatic N) is 1. The topological polar surface area (TPSA) is 113 Å². The van der Waals surface area contributed by atoms with Crippen LogP contribution < -0.4 is 14.8 Å². The minimum atomic E-state index is -4.08. The van der Waals surface area contributed by atoms with Gasteiger partial charge >= 0.3 is 0 Å². The summed E-state index contributed by atoms with van der Waals surface area (Å²) in [6.07, 6.45) is 1.13. The van der Waals surface area contributed by atoms with E-state index < -0.39 is 15.9 Å². The van der Waals surface area contributed by atoms with Gasteiger partial charge in [0.05, 0.1) is 18.4 Å². The van der Waals surface area contributed by atoms with Gasteiger partial charge < -0.3 is 10.1 Å². The van der Waals surface area contributed by atoms with Gasteiger partial charge in [0, 0.05) is 12.2 Å². The third-order valence-electron chi connectivity index (χ3n) is 3.90. The molecule has 29 heavy (non-hydrogen) atoms. The number of sulfonamides is 1. The van der Waals surface area contributed by atoms with E-state index >= 15 is 0 Å². The fourth-order valence-electron chi connectivity index (χ4n) is 2.51. The summed E-state index contributed by atoms with van der Waals surface area (Å²) in [6.45, 7) is 2.45. The van der Waals surface area contributed by atoms with Crippen molar-refractivity contribution in [2.24, 2.45) is 0 Å². The molecule has 0 aliphatic carbocycles. The molecule has 0 saturated heterocycles. The molecule has 3 N–H and O–H groups in total. The summed E-state index contributed by atoms with van der Waals surface area (Å²) in [5.74, 6) is -0.406. The highest BCUT2D eigenvalue weighted by Gasteiger charge is 2.25. The number of amides is 1. The molecule has 0 spiro atoms. The lowest BCUT2D eigenvalue weighted by molar-refractivity contribution is 0.0947. The lowest BCUT2D eigenvalue weighted by Crippen LogP contribution is -2.25. The minimum absolute atomic E-state index is 0.107. The standard InChI is InChI=1S/C19H19FN4O4S/c1-2-28-16-9-7-15(8-10-16)24-29(26,27)19-17(12-22-23-19)18(25)21-11-13-3-5-14(20)6-4-13/h3-10,12,24H,2,11H2,1H3,(H,21,25)(H,22,23). The monoisotopic (exact) mass is 418 g/mol.